The van der Waals surface area contributed by atoms with Crippen molar-refractivity contribution in [2.45, 2.75) is 19.0 Å². The van der Waals surface area contributed by atoms with Gasteiger partial charge in [0, 0.05) is 17.8 Å². The van der Waals surface area contributed by atoms with E-state index in [2.05, 4.69) is 10.3 Å². The lowest BCUT2D eigenvalue weighted by Gasteiger charge is -2.27. The number of hydrogen-bond donors (Lipinski definition) is 1. The zero-order chi connectivity index (χ0) is 25.1. The van der Waals surface area contributed by atoms with E-state index in [1.165, 1.54) is 0 Å². The Morgan fingerprint density at radius 2 is 1.78 bits per heavy atom. The Bertz CT molecular complexity index is 1340. The highest BCUT2D eigenvalue weighted by atomic mass is 32.1. The minimum Gasteiger partial charge on any atom is -0.497 e. The third kappa shape index (κ3) is 4.47. The first-order valence-corrected chi connectivity index (χ1v) is 12.1. The smallest absolute Gasteiger partial charge is 0.174 e. The largest absolute Gasteiger partial charge is 0.497 e. The van der Waals surface area contributed by atoms with E-state index in [0.29, 0.717) is 23.2 Å². The first-order valence-electron chi connectivity index (χ1n) is 11.7. The molecule has 5 rings (SSSR count). The van der Waals surface area contributed by atoms with Gasteiger partial charge >= 0.3 is 0 Å². The molecule has 1 aliphatic rings. The van der Waals surface area contributed by atoms with Crippen LogP contribution in [0.2, 0.25) is 0 Å². The average molecular weight is 502 g/mol. The molecule has 0 radical (unpaired) electrons. The molecule has 1 aliphatic heterocycles. The van der Waals surface area contributed by atoms with Gasteiger partial charge in [0.05, 0.1) is 38.2 Å². The maximum absolute atomic E-state index is 6.45. The lowest BCUT2D eigenvalue weighted by molar-refractivity contribution is 0.340. The lowest BCUT2D eigenvalue weighted by Crippen LogP contribution is -2.29. The number of anilines is 1. The van der Waals surface area contributed by atoms with Crippen LogP contribution in [0.1, 0.15) is 30.5 Å². The van der Waals surface area contributed by atoms with Gasteiger partial charge in [0.15, 0.2) is 5.11 Å². The van der Waals surface area contributed by atoms with Crippen molar-refractivity contribution in [3.63, 3.8) is 0 Å². The molecule has 1 saturated heterocycles. The number of ether oxygens (including phenoxy) is 3. The van der Waals surface area contributed by atoms with E-state index in [1.54, 1.807) is 20.4 Å². The molecular formula is C28H27N3O4S. The molecule has 7 nitrogen and oxygen atoms in total. The number of thiocarbonyl (C=S) groups is 1. The number of benzene rings is 2. The fourth-order valence-corrected chi connectivity index (χ4v) is 4.78. The number of pyridine rings is 1. The molecule has 4 aromatic rings. The molecule has 0 saturated carbocycles. The van der Waals surface area contributed by atoms with Crippen molar-refractivity contribution >= 4 is 23.0 Å². The molecule has 0 unspecified atom stereocenters. The second-order valence-corrected chi connectivity index (χ2v) is 8.58. The summed E-state index contributed by atoms with van der Waals surface area (Å²) in [6, 6.07) is 22.8. The summed E-state index contributed by atoms with van der Waals surface area (Å²) in [6.45, 7) is 2.59. The third-order valence-corrected chi connectivity index (χ3v) is 6.43. The van der Waals surface area contributed by atoms with Gasteiger partial charge in [-0.25, -0.2) is 0 Å². The van der Waals surface area contributed by atoms with Gasteiger partial charge in [0.1, 0.15) is 34.8 Å². The number of nitrogens with zero attached hydrogens (tertiary/aromatic N) is 2. The lowest BCUT2D eigenvalue weighted by atomic mass is 10.0. The summed E-state index contributed by atoms with van der Waals surface area (Å²) in [5, 5.41) is 3.99. The molecule has 0 spiro atoms. The summed E-state index contributed by atoms with van der Waals surface area (Å²) >= 11 is 5.84. The van der Waals surface area contributed by atoms with Crippen LogP contribution in [0.25, 0.3) is 11.3 Å². The van der Waals surface area contributed by atoms with Gasteiger partial charge < -0.3 is 28.8 Å². The molecule has 1 fully saturated rings. The monoisotopic (exact) mass is 501 g/mol. The van der Waals surface area contributed by atoms with Crippen molar-refractivity contribution in [2.24, 2.45) is 0 Å². The van der Waals surface area contributed by atoms with E-state index in [-0.39, 0.29) is 12.1 Å². The third-order valence-electron chi connectivity index (χ3n) is 6.11. The summed E-state index contributed by atoms with van der Waals surface area (Å²) in [7, 11) is 3.27. The number of rotatable bonds is 8. The highest BCUT2D eigenvalue weighted by Crippen LogP contribution is 2.46. The first-order chi connectivity index (χ1) is 17.6. The van der Waals surface area contributed by atoms with Crippen LogP contribution in [-0.2, 0) is 0 Å². The number of aromatic nitrogens is 1. The second-order valence-electron chi connectivity index (χ2n) is 8.19. The second kappa shape index (κ2) is 10.3. The van der Waals surface area contributed by atoms with Crippen LogP contribution >= 0.6 is 12.2 Å². The average Bonchev–Trinajstić information content (AvgIpc) is 3.54. The Kier molecular flexibility index (Phi) is 6.77. The van der Waals surface area contributed by atoms with Gasteiger partial charge in [-0.2, -0.15) is 0 Å². The van der Waals surface area contributed by atoms with E-state index in [1.807, 2.05) is 84.6 Å². The summed E-state index contributed by atoms with van der Waals surface area (Å²) in [5.41, 5.74) is 2.59. The fraction of sp³-hybridized carbons (Fsp3) is 0.214. The molecule has 2 atom stereocenters. The predicted molar refractivity (Wildman–Crippen MR) is 143 cm³/mol. The Balaban J connectivity index is 1.59. The molecule has 36 heavy (non-hydrogen) atoms. The van der Waals surface area contributed by atoms with Crippen molar-refractivity contribution < 1.29 is 18.6 Å². The van der Waals surface area contributed by atoms with Crippen molar-refractivity contribution in [3.05, 3.63) is 90.4 Å². The van der Waals surface area contributed by atoms with E-state index in [4.69, 9.17) is 30.8 Å². The summed E-state index contributed by atoms with van der Waals surface area (Å²) in [5.74, 6) is 3.69. The van der Waals surface area contributed by atoms with Gasteiger partial charge in [-0.15, -0.1) is 0 Å². The molecule has 0 aliphatic carbocycles. The van der Waals surface area contributed by atoms with E-state index < -0.39 is 0 Å². The molecular weight excluding hydrogens is 474 g/mol. The van der Waals surface area contributed by atoms with Crippen LogP contribution in [0.3, 0.4) is 0 Å². The molecule has 2 aromatic heterocycles. The van der Waals surface area contributed by atoms with Gasteiger partial charge in [-0.1, -0.05) is 6.07 Å². The first kappa shape index (κ1) is 23.7. The predicted octanol–water partition coefficient (Wildman–Crippen LogP) is 5.93. The van der Waals surface area contributed by atoms with Crippen LogP contribution in [0.4, 0.5) is 5.69 Å². The zero-order valence-corrected chi connectivity index (χ0v) is 21.1. The zero-order valence-electron chi connectivity index (χ0n) is 20.3. The quantitative estimate of drug-likeness (QED) is 0.298. The van der Waals surface area contributed by atoms with Gasteiger partial charge in [-0.05, 0) is 79.8 Å². The maximum atomic E-state index is 6.45. The van der Waals surface area contributed by atoms with Crippen LogP contribution in [0.15, 0.2) is 83.4 Å². The minimum atomic E-state index is -0.315. The summed E-state index contributed by atoms with van der Waals surface area (Å²) in [4.78, 5) is 6.62. The Morgan fingerprint density at radius 3 is 2.47 bits per heavy atom. The van der Waals surface area contributed by atoms with Crippen molar-refractivity contribution in [2.75, 3.05) is 25.7 Å². The fourth-order valence-electron chi connectivity index (χ4n) is 4.44. The Hall–Kier alpha value is -4.04. The van der Waals surface area contributed by atoms with Crippen molar-refractivity contribution in [1.82, 2.24) is 10.3 Å². The van der Waals surface area contributed by atoms with Gasteiger partial charge in [0.2, 0.25) is 0 Å². The van der Waals surface area contributed by atoms with E-state index >= 15 is 0 Å². The molecule has 0 amide bonds. The Labute approximate surface area is 215 Å². The molecule has 0 bridgehead atoms. The SMILES string of the molecule is CCOc1ccc(-c2ccc([C@H]3[C@H](c4ccccn4)NC(=S)N3c3cc(OC)ccc3OC)o2)cc1. The molecule has 8 heteroatoms. The van der Waals surface area contributed by atoms with Crippen molar-refractivity contribution in [1.29, 1.82) is 0 Å². The van der Waals surface area contributed by atoms with Gasteiger partial charge in [-0.3, -0.25) is 4.98 Å². The van der Waals surface area contributed by atoms with Crippen LogP contribution in [-0.4, -0.2) is 30.9 Å². The summed E-state index contributed by atoms with van der Waals surface area (Å²) in [6.07, 6.45) is 1.78. The van der Waals surface area contributed by atoms with E-state index in [0.717, 1.165) is 34.2 Å². The van der Waals surface area contributed by atoms with Crippen LogP contribution < -0.4 is 24.4 Å². The molecule has 2 aromatic carbocycles. The maximum Gasteiger partial charge on any atom is 0.174 e. The minimum absolute atomic E-state index is 0.242. The van der Waals surface area contributed by atoms with Crippen LogP contribution in [0.5, 0.6) is 17.2 Å². The standard InChI is InChI=1S/C28H27N3O4S/c1-4-34-19-10-8-18(9-11-19)23-14-15-25(35-23)27-26(21-7-5-6-16-29-21)30-28(36)31(27)22-17-20(32-2)12-13-24(22)33-3/h5-17,26-27H,4H2,1-3H3,(H,30,36)/t26-,27-/m0/s1. The number of methoxy groups -OCH3 is 2. The van der Waals surface area contributed by atoms with E-state index in [9.17, 15) is 0 Å². The molecule has 1 N–H and O–H groups in total. The highest BCUT2D eigenvalue weighted by molar-refractivity contribution is 7.80. The van der Waals surface area contributed by atoms with Gasteiger partial charge in [0.25, 0.3) is 0 Å². The number of nitrogens with one attached hydrogen (secondary N) is 1. The number of hydrogen-bond acceptors (Lipinski definition) is 6. The Morgan fingerprint density at radius 1 is 0.972 bits per heavy atom. The van der Waals surface area contributed by atoms with Crippen molar-refractivity contribution in [3.8, 4) is 28.6 Å². The number of furan rings is 1. The normalized spacial score (nSPS) is 17.1. The molecule has 184 valence electrons. The van der Waals surface area contributed by atoms with Crippen LogP contribution in [0, 0.1) is 0 Å². The molecule has 3 heterocycles. The highest BCUT2D eigenvalue weighted by Gasteiger charge is 2.43. The topological polar surface area (TPSA) is 69.0 Å². The summed E-state index contributed by atoms with van der Waals surface area (Å²) < 4.78 is 23.2.